The smallest absolute Gasteiger partial charge is 0.0468 e. The first-order valence-electron chi connectivity index (χ1n) is 6.71. The fraction of sp³-hybridized carbons (Fsp3) is 0.600. The van der Waals surface area contributed by atoms with E-state index in [2.05, 4.69) is 53.4 Å². The first-order valence-corrected chi connectivity index (χ1v) is 7.51. The summed E-state index contributed by atoms with van der Waals surface area (Å²) in [5, 5.41) is 3.47. The van der Waals surface area contributed by atoms with Crippen LogP contribution in [0.3, 0.4) is 0 Å². The summed E-state index contributed by atoms with van der Waals surface area (Å²) in [7, 11) is 2.06. The second-order valence-corrected chi connectivity index (χ2v) is 6.05. The molecule has 1 saturated heterocycles. The summed E-state index contributed by atoms with van der Waals surface area (Å²) < 4.78 is 6.59. The van der Waals surface area contributed by atoms with Gasteiger partial charge in [-0.2, -0.15) is 0 Å². The number of nitrogens with one attached hydrogen (secondary N) is 1. The molecule has 1 aromatic rings. The highest BCUT2D eigenvalue weighted by Gasteiger charge is 2.20. The highest BCUT2D eigenvalue weighted by molar-refractivity contribution is 9.10. The number of hydrogen-bond donors (Lipinski definition) is 1. The Morgan fingerprint density at radius 2 is 2.11 bits per heavy atom. The van der Waals surface area contributed by atoms with Crippen molar-refractivity contribution in [3.63, 3.8) is 0 Å². The van der Waals surface area contributed by atoms with Gasteiger partial charge < -0.3 is 10.1 Å². The maximum Gasteiger partial charge on any atom is 0.0468 e. The molecule has 0 saturated carbocycles. The van der Waals surface area contributed by atoms with Crippen LogP contribution in [0.4, 0.5) is 0 Å². The summed E-state index contributed by atoms with van der Waals surface area (Å²) in [6, 6.07) is 7.03. The van der Waals surface area contributed by atoms with Gasteiger partial charge in [-0.25, -0.2) is 0 Å². The van der Waals surface area contributed by atoms with Gasteiger partial charge in [0.25, 0.3) is 0 Å². The molecule has 18 heavy (non-hydrogen) atoms. The number of aryl methyl sites for hydroxylation is 1. The fourth-order valence-electron chi connectivity index (χ4n) is 2.75. The van der Waals surface area contributed by atoms with Crippen LogP contribution in [0.25, 0.3) is 0 Å². The molecular formula is C15H22BrNO. The van der Waals surface area contributed by atoms with E-state index in [0.717, 1.165) is 23.6 Å². The van der Waals surface area contributed by atoms with Crippen LogP contribution in [0, 0.1) is 12.8 Å². The number of halogens is 1. The van der Waals surface area contributed by atoms with Crippen molar-refractivity contribution in [1.29, 1.82) is 0 Å². The number of benzene rings is 1. The molecule has 0 spiro atoms. The van der Waals surface area contributed by atoms with Crippen LogP contribution < -0.4 is 5.32 Å². The van der Waals surface area contributed by atoms with E-state index in [0.29, 0.717) is 6.04 Å². The molecule has 1 unspecified atom stereocenters. The van der Waals surface area contributed by atoms with Crippen LogP contribution >= 0.6 is 15.9 Å². The van der Waals surface area contributed by atoms with Crippen molar-refractivity contribution < 1.29 is 4.74 Å². The predicted octanol–water partition coefficient (Wildman–Crippen LogP) is 3.83. The third-order valence-corrected chi connectivity index (χ3v) is 4.36. The van der Waals surface area contributed by atoms with E-state index < -0.39 is 0 Å². The van der Waals surface area contributed by atoms with E-state index in [9.17, 15) is 0 Å². The van der Waals surface area contributed by atoms with Crippen molar-refractivity contribution in [2.24, 2.45) is 5.92 Å². The molecule has 1 aromatic carbocycles. The maximum atomic E-state index is 5.43. The van der Waals surface area contributed by atoms with Gasteiger partial charge in [0.2, 0.25) is 0 Å². The van der Waals surface area contributed by atoms with Gasteiger partial charge in [0.15, 0.2) is 0 Å². The van der Waals surface area contributed by atoms with Gasteiger partial charge >= 0.3 is 0 Å². The van der Waals surface area contributed by atoms with Crippen LogP contribution in [0.2, 0.25) is 0 Å². The Morgan fingerprint density at radius 3 is 2.72 bits per heavy atom. The lowest BCUT2D eigenvalue weighted by Gasteiger charge is -2.27. The predicted molar refractivity (Wildman–Crippen MR) is 78.8 cm³/mol. The Labute approximate surface area is 118 Å². The van der Waals surface area contributed by atoms with E-state index in [4.69, 9.17) is 4.74 Å². The number of hydrogen-bond acceptors (Lipinski definition) is 2. The summed E-state index contributed by atoms with van der Waals surface area (Å²) in [4.78, 5) is 0. The highest BCUT2D eigenvalue weighted by atomic mass is 79.9. The van der Waals surface area contributed by atoms with Crippen LogP contribution in [0.5, 0.6) is 0 Å². The molecule has 2 rings (SSSR count). The molecule has 0 amide bonds. The van der Waals surface area contributed by atoms with E-state index in [1.165, 1.54) is 30.4 Å². The third-order valence-electron chi connectivity index (χ3n) is 3.87. The molecule has 0 aromatic heterocycles. The van der Waals surface area contributed by atoms with Crippen molar-refractivity contribution in [2.45, 2.75) is 32.2 Å². The quantitative estimate of drug-likeness (QED) is 0.912. The molecule has 1 aliphatic rings. The molecule has 0 aliphatic carbocycles. The zero-order chi connectivity index (χ0) is 13.0. The van der Waals surface area contributed by atoms with Crippen molar-refractivity contribution in [3.8, 4) is 0 Å². The average molecular weight is 312 g/mol. The normalized spacial score (nSPS) is 18.8. The Balaban J connectivity index is 2.07. The Bertz CT molecular complexity index is 388. The first-order chi connectivity index (χ1) is 8.70. The molecule has 1 atom stereocenters. The minimum absolute atomic E-state index is 0.459. The Kier molecular flexibility index (Phi) is 5.22. The molecule has 0 radical (unpaired) electrons. The molecule has 1 N–H and O–H groups in total. The van der Waals surface area contributed by atoms with Crippen LogP contribution in [0.15, 0.2) is 22.7 Å². The second kappa shape index (κ2) is 6.69. The molecule has 2 nitrogen and oxygen atoms in total. The van der Waals surface area contributed by atoms with E-state index in [1.807, 2.05) is 0 Å². The topological polar surface area (TPSA) is 21.3 Å². The van der Waals surface area contributed by atoms with Gasteiger partial charge in [0, 0.05) is 23.7 Å². The second-order valence-electron chi connectivity index (χ2n) is 5.13. The zero-order valence-electron chi connectivity index (χ0n) is 11.2. The summed E-state index contributed by atoms with van der Waals surface area (Å²) in [5.74, 6) is 0.791. The standard InChI is InChI=1S/C15H22BrNO/c1-11-9-13(16)3-4-14(11)15(17-2)10-12-5-7-18-8-6-12/h3-4,9,12,15,17H,5-8,10H2,1-2H3. The van der Waals surface area contributed by atoms with Gasteiger partial charge in [-0.1, -0.05) is 22.0 Å². The Morgan fingerprint density at radius 1 is 1.39 bits per heavy atom. The lowest BCUT2D eigenvalue weighted by Crippen LogP contribution is -2.24. The van der Waals surface area contributed by atoms with Crippen LogP contribution in [-0.2, 0) is 4.74 Å². The van der Waals surface area contributed by atoms with Crippen molar-refractivity contribution in [2.75, 3.05) is 20.3 Å². The summed E-state index contributed by atoms with van der Waals surface area (Å²) in [6.45, 7) is 4.05. The minimum Gasteiger partial charge on any atom is -0.381 e. The van der Waals surface area contributed by atoms with Gasteiger partial charge in [0.1, 0.15) is 0 Å². The monoisotopic (exact) mass is 311 g/mol. The minimum atomic E-state index is 0.459. The molecule has 100 valence electrons. The lowest BCUT2D eigenvalue weighted by molar-refractivity contribution is 0.0608. The van der Waals surface area contributed by atoms with Crippen molar-refractivity contribution >= 4 is 15.9 Å². The summed E-state index contributed by atoms with van der Waals surface area (Å²) in [5.41, 5.74) is 2.78. The van der Waals surface area contributed by atoms with E-state index in [-0.39, 0.29) is 0 Å². The molecule has 3 heteroatoms. The zero-order valence-corrected chi connectivity index (χ0v) is 12.8. The van der Waals surface area contributed by atoms with Crippen molar-refractivity contribution in [1.82, 2.24) is 5.32 Å². The molecule has 0 bridgehead atoms. The average Bonchev–Trinajstić information content (AvgIpc) is 2.38. The van der Waals surface area contributed by atoms with Crippen LogP contribution in [-0.4, -0.2) is 20.3 Å². The third kappa shape index (κ3) is 3.56. The van der Waals surface area contributed by atoms with E-state index in [1.54, 1.807) is 0 Å². The summed E-state index contributed by atoms with van der Waals surface area (Å²) in [6.07, 6.45) is 3.61. The fourth-order valence-corrected chi connectivity index (χ4v) is 3.22. The van der Waals surface area contributed by atoms with Gasteiger partial charge in [-0.05, 0) is 62.4 Å². The van der Waals surface area contributed by atoms with Gasteiger partial charge in [0.05, 0.1) is 0 Å². The number of rotatable bonds is 4. The Hall–Kier alpha value is -0.380. The molecule has 1 aliphatic heterocycles. The summed E-state index contributed by atoms with van der Waals surface area (Å²) >= 11 is 3.53. The SMILES string of the molecule is CNC(CC1CCOCC1)c1ccc(Br)cc1C. The highest BCUT2D eigenvalue weighted by Crippen LogP contribution is 2.30. The maximum absolute atomic E-state index is 5.43. The van der Waals surface area contributed by atoms with Crippen molar-refractivity contribution in [3.05, 3.63) is 33.8 Å². The largest absolute Gasteiger partial charge is 0.381 e. The lowest BCUT2D eigenvalue weighted by atomic mass is 9.88. The molecule has 1 heterocycles. The van der Waals surface area contributed by atoms with Crippen LogP contribution in [0.1, 0.15) is 36.4 Å². The molecule has 1 fully saturated rings. The van der Waals surface area contributed by atoms with E-state index >= 15 is 0 Å². The molecular weight excluding hydrogens is 290 g/mol. The van der Waals surface area contributed by atoms with Gasteiger partial charge in [-0.3, -0.25) is 0 Å². The first kappa shape index (κ1) is 14.0. The number of ether oxygens (including phenoxy) is 1. The van der Waals surface area contributed by atoms with Gasteiger partial charge in [-0.15, -0.1) is 0 Å².